The standard InChI is InChI=1S/C16H20ClNO3/c1-2-8-16(15(20)21)9-5-10-18(16)14(19)11-12-6-3-4-7-13(12)17/h3-4,6-7H,2,5,8-11H2,1H3,(H,20,21). The molecule has 1 unspecified atom stereocenters. The molecule has 1 atom stereocenters. The molecule has 2 rings (SSSR count). The van der Waals surface area contributed by atoms with Crippen LogP contribution in [0.15, 0.2) is 24.3 Å². The van der Waals surface area contributed by atoms with Crippen molar-refractivity contribution in [2.75, 3.05) is 6.54 Å². The zero-order valence-electron chi connectivity index (χ0n) is 12.1. The van der Waals surface area contributed by atoms with Crippen molar-refractivity contribution >= 4 is 23.5 Å². The fraction of sp³-hybridized carbons (Fsp3) is 0.500. The summed E-state index contributed by atoms with van der Waals surface area (Å²) in [6.07, 6.45) is 2.65. The molecule has 0 aliphatic carbocycles. The number of carboxylic acid groups (broad SMARTS) is 1. The van der Waals surface area contributed by atoms with E-state index < -0.39 is 11.5 Å². The second kappa shape index (κ2) is 6.48. The average molecular weight is 310 g/mol. The molecule has 0 bridgehead atoms. The highest BCUT2D eigenvalue weighted by atomic mass is 35.5. The minimum absolute atomic E-state index is 0.151. The number of carbonyl (C=O) groups is 2. The molecule has 0 spiro atoms. The minimum atomic E-state index is -1.03. The van der Waals surface area contributed by atoms with E-state index in [-0.39, 0.29) is 12.3 Å². The molecular formula is C16H20ClNO3. The molecule has 1 fully saturated rings. The van der Waals surface area contributed by atoms with Crippen molar-refractivity contribution in [1.29, 1.82) is 0 Å². The molecule has 1 saturated heterocycles. The Morgan fingerprint density at radius 1 is 1.38 bits per heavy atom. The lowest BCUT2D eigenvalue weighted by Crippen LogP contribution is -2.53. The number of likely N-dealkylation sites (tertiary alicyclic amines) is 1. The predicted octanol–water partition coefficient (Wildman–Crippen LogP) is 3.13. The molecular weight excluding hydrogens is 290 g/mol. The van der Waals surface area contributed by atoms with Crippen LogP contribution in [0.3, 0.4) is 0 Å². The van der Waals surface area contributed by atoms with Gasteiger partial charge >= 0.3 is 5.97 Å². The number of rotatable bonds is 5. The lowest BCUT2D eigenvalue weighted by Gasteiger charge is -2.34. The third kappa shape index (κ3) is 3.05. The number of carbonyl (C=O) groups excluding carboxylic acids is 1. The van der Waals surface area contributed by atoms with Crippen LogP contribution in [0.4, 0.5) is 0 Å². The van der Waals surface area contributed by atoms with Gasteiger partial charge in [-0.05, 0) is 30.9 Å². The first-order valence-corrected chi connectivity index (χ1v) is 7.66. The van der Waals surface area contributed by atoms with Gasteiger partial charge in [-0.3, -0.25) is 4.79 Å². The smallest absolute Gasteiger partial charge is 0.329 e. The Kier molecular flexibility index (Phi) is 4.88. The quantitative estimate of drug-likeness (QED) is 0.909. The molecule has 1 aromatic carbocycles. The topological polar surface area (TPSA) is 57.6 Å². The number of hydrogen-bond acceptors (Lipinski definition) is 2. The number of amides is 1. The van der Waals surface area contributed by atoms with Crippen molar-refractivity contribution in [2.45, 2.75) is 44.6 Å². The van der Waals surface area contributed by atoms with Crippen molar-refractivity contribution in [3.8, 4) is 0 Å². The molecule has 114 valence electrons. The van der Waals surface area contributed by atoms with Gasteiger partial charge in [-0.15, -0.1) is 0 Å². The lowest BCUT2D eigenvalue weighted by atomic mass is 9.90. The maximum Gasteiger partial charge on any atom is 0.329 e. The summed E-state index contributed by atoms with van der Waals surface area (Å²) in [6, 6.07) is 7.18. The van der Waals surface area contributed by atoms with Crippen LogP contribution < -0.4 is 0 Å². The van der Waals surface area contributed by atoms with Crippen molar-refractivity contribution in [2.24, 2.45) is 0 Å². The Balaban J connectivity index is 2.21. The highest BCUT2D eigenvalue weighted by Crippen LogP contribution is 2.34. The normalized spacial score (nSPS) is 21.5. The van der Waals surface area contributed by atoms with Crippen molar-refractivity contribution in [1.82, 2.24) is 4.90 Å². The van der Waals surface area contributed by atoms with Crippen LogP contribution in [-0.4, -0.2) is 34.0 Å². The Hall–Kier alpha value is -1.55. The number of carboxylic acids is 1. The van der Waals surface area contributed by atoms with Gasteiger partial charge in [0.15, 0.2) is 0 Å². The third-order valence-electron chi connectivity index (χ3n) is 4.15. The van der Waals surface area contributed by atoms with Gasteiger partial charge in [0, 0.05) is 11.6 Å². The van der Waals surface area contributed by atoms with Crippen LogP contribution in [0.1, 0.15) is 38.2 Å². The van der Waals surface area contributed by atoms with Crippen LogP contribution in [0.5, 0.6) is 0 Å². The second-order valence-corrected chi connectivity index (χ2v) is 5.91. The Morgan fingerprint density at radius 2 is 2.10 bits per heavy atom. The van der Waals surface area contributed by atoms with Crippen molar-refractivity contribution in [3.63, 3.8) is 0 Å². The Bertz CT molecular complexity index is 546. The van der Waals surface area contributed by atoms with Gasteiger partial charge in [0.2, 0.25) is 5.91 Å². The zero-order valence-corrected chi connectivity index (χ0v) is 12.9. The van der Waals surface area contributed by atoms with Gasteiger partial charge in [-0.2, -0.15) is 0 Å². The number of nitrogens with zero attached hydrogens (tertiary/aromatic N) is 1. The third-order valence-corrected chi connectivity index (χ3v) is 4.52. The van der Waals surface area contributed by atoms with Gasteiger partial charge in [0.1, 0.15) is 5.54 Å². The second-order valence-electron chi connectivity index (χ2n) is 5.50. The largest absolute Gasteiger partial charge is 0.479 e. The van der Waals surface area contributed by atoms with Crippen LogP contribution >= 0.6 is 11.6 Å². The summed E-state index contributed by atoms with van der Waals surface area (Å²) in [4.78, 5) is 25.8. The van der Waals surface area contributed by atoms with Crippen LogP contribution in [0.2, 0.25) is 5.02 Å². The molecule has 0 aromatic heterocycles. The highest BCUT2D eigenvalue weighted by molar-refractivity contribution is 6.31. The van der Waals surface area contributed by atoms with E-state index in [9.17, 15) is 14.7 Å². The Morgan fingerprint density at radius 3 is 2.71 bits per heavy atom. The Labute approximate surface area is 129 Å². The molecule has 1 aliphatic heterocycles. The fourth-order valence-corrected chi connectivity index (χ4v) is 3.35. The molecule has 0 radical (unpaired) electrons. The molecule has 21 heavy (non-hydrogen) atoms. The molecule has 1 aromatic rings. The van der Waals surface area contributed by atoms with Gasteiger partial charge in [-0.1, -0.05) is 43.1 Å². The van der Waals surface area contributed by atoms with E-state index in [1.165, 1.54) is 0 Å². The number of benzene rings is 1. The van der Waals surface area contributed by atoms with Crippen molar-refractivity contribution in [3.05, 3.63) is 34.9 Å². The molecule has 0 saturated carbocycles. The van der Waals surface area contributed by atoms with Gasteiger partial charge in [-0.25, -0.2) is 4.79 Å². The maximum atomic E-state index is 12.6. The van der Waals surface area contributed by atoms with Gasteiger partial charge in [0.05, 0.1) is 6.42 Å². The number of hydrogen-bond donors (Lipinski definition) is 1. The first-order chi connectivity index (χ1) is 10.0. The van der Waals surface area contributed by atoms with Crippen LogP contribution in [0, 0.1) is 0 Å². The summed E-state index contributed by atoms with van der Waals surface area (Å²) in [5, 5.41) is 10.2. The number of aliphatic carboxylic acids is 1. The van der Waals surface area contributed by atoms with E-state index in [2.05, 4.69) is 0 Å². The van der Waals surface area contributed by atoms with E-state index in [0.717, 1.165) is 18.4 Å². The minimum Gasteiger partial charge on any atom is -0.479 e. The maximum absolute atomic E-state index is 12.6. The van der Waals surface area contributed by atoms with E-state index in [1.807, 2.05) is 19.1 Å². The summed E-state index contributed by atoms with van der Waals surface area (Å²) in [5.41, 5.74) is -0.292. The average Bonchev–Trinajstić information content (AvgIpc) is 2.87. The zero-order chi connectivity index (χ0) is 15.5. The first-order valence-electron chi connectivity index (χ1n) is 7.28. The molecule has 4 nitrogen and oxygen atoms in total. The van der Waals surface area contributed by atoms with Crippen LogP contribution in [-0.2, 0) is 16.0 Å². The molecule has 1 heterocycles. The summed E-state index contributed by atoms with van der Waals surface area (Å²) in [5.74, 6) is -1.05. The first kappa shape index (κ1) is 15.8. The molecule has 1 N–H and O–H groups in total. The highest BCUT2D eigenvalue weighted by Gasteiger charge is 2.48. The summed E-state index contributed by atoms with van der Waals surface area (Å²) in [6.45, 7) is 2.45. The summed E-state index contributed by atoms with van der Waals surface area (Å²) < 4.78 is 0. The molecule has 1 amide bonds. The summed E-state index contributed by atoms with van der Waals surface area (Å²) in [7, 11) is 0. The lowest BCUT2D eigenvalue weighted by molar-refractivity contribution is -0.156. The SMILES string of the molecule is CCCC1(C(=O)O)CCCN1C(=O)Cc1ccccc1Cl. The van der Waals surface area contributed by atoms with E-state index in [0.29, 0.717) is 24.4 Å². The fourth-order valence-electron chi connectivity index (χ4n) is 3.14. The van der Waals surface area contributed by atoms with Crippen molar-refractivity contribution < 1.29 is 14.7 Å². The van der Waals surface area contributed by atoms with Crippen LogP contribution in [0.25, 0.3) is 0 Å². The van der Waals surface area contributed by atoms with E-state index in [1.54, 1.807) is 17.0 Å². The van der Waals surface area contributed by atoms with E-state index in [4.69, 9.17) is 11.6 Å². The number of halogens is 1. The van der Waals surface area contributed by atoms with Gasteiger partial charge in [0.25, 0.3) is 0 Å². The summed E-state index contributed by atoms with van der Waals surface area (Å²) >= 11 is 6.08. The molecule has 1 aliphatic rings. The van der Waals surface area contributed by atoms with Gasteiger partial charge < -0.3 is 10.0 Å². The predicted molar refractivity (Wildman–Crippen MR) is 81.4 cm³/mol. The van der Waals surface area contributed by atoms with E-state index >= 15 is 0 Å². The monoisotopic (exact) mass is 309 g/mol. The molecule has 5 heteroatoms.